The van der Waals surface area contributed by atoms with Crippen molar-refractivity contribution in [2.45, 2.75) is 65.2 Å². The number of ether oxygens (including phenoxy) is 4. The second-order valence-electron chi connectivity index (χ2n) is 10.5. The van der Waals surface area contributed by atoms with Crippen molar-refractivity contribution in [1.82, 2.24) is 0 Å². The molecular weight excluding hydrogens is 448 g/mol. The van der Waals surface area contributed by atoms with Crippen molar-refractivity contribution in [2.24, 2.45) is 0 Å². The van der Waals surface area contributed by atoms with Crippen LogP contribution in [0.5, 0.6) is 23.0 Å². The second-order valence-corrected chi connectivity index (χ2v) is 10.5. The van der Waals surface area contributed by atoms with Crippen LogP contribution < -0.4 is 14.2 Å². The molecule has 0 aromatic heterocycles. The molecule has 7 heteroatoms. The number of phenols is 1. The van der Waals surface area contributed by atoms with Crippen LogP contribution in [0, 0.1) is 0 Å². The van der Waals surface area contributed by atoms with E-state index in [1.807, 2.05) is 53.7 Å². The number of methoxy groups -OCH3 is 3. The van der Waals surface area contributed by atoms with E-state index in [0.717, 1.165) is 16.7 Å². The van der Waals surface area contributed by atoms with E-state index in [1.165, 1.54) is 33.5 Å². The smallest absolute Gasteiger partial charge is 0.306 e. The normalized spacial score (nSPS) is 11.7. The van der Waals surface area contributed by atoms with E-state index in [9.17, 15) is 14.7 Å². The minimum atomic E-state index is -0.478. The second kappa shape index (κ2) is 11.0. The van der Waals surface area contributed by atoms with E-state index in [2.05, 4.69) is 0 Å². The molecule has 0 atom stereocenters. The zero-order chi connectivity index (χ0) is 26.6. The van der Waals surface area contributed by atoms with E-state index in [-0.39, 0.29) is 28.6 Å². The number of aromatic hydroxyl groups is 1. The molecule has 0 unspecified atom stereocenters. The SMILES string of the molecule is COc1cc(C(=O)COC(=O)CCc2cc(C(C)(C)C)c(O)c(C(C)(C)C)c2)cc(OC)c1OC. The number of hydrogen-bond acceptors (Lipinski definition) is 7. The summed E-state index contributed by atoms with van der Waals surface area (Å²) in [6.07, 6.45) is 0.546. The Morgan fingerprint density at radius 2 is 1.29 bits per heavy atom. The Kier molecular flexibility index (Phi) is 8.82. The first-order valence-electron chi connectivity index (χ1n) is 11.6. The van der Waals surface area contributed by atoms with Gasteiger partial charge in [-0.25, -0.2) is 0 Å². The van der Waals surface area contributed by atoms with Crippen LogP contribution in [-0.4, -0.2) is 44.8 Å². The molecule has 0 amide bonds. The van der Waals surface area contributed by atoms with Crippen LogP contribution in [0.25, 0.3) is 0 Å². The fourth-order valence-electron chi connectivity index (χ4n) is 3.77. The van der Waals surface area contributed by atoms with Crippen LogP contribution in [0.15, 0.2) is 24.3 Å². The Balaban J connectivity index is 2.12. The number of benzene rings is 2. The highest BCUT2D eigenvalue weighted by Gasteiger charge is 2.26. The fraction of sp³-hybridized carbons (Fsp3) is 0.500. The van der Waals surface area contributed by atoms with Gasteiger partial charge in [0.1, 0.15) is 5.75 Å². The van der Waals surface area contributed by atoms with Gasteiger partial charge in [0, 0.05) is 12.0 Å². The van der Waals surface area contributed by atoms with Gasteiger partial charge in [-0.2, -0.15) is 0 Å². The van der Waals surface area contributed by atoms with Gasteiger partial charge in [-0.1, -0.05) is 53.7 Å². The number of rotatable bonds is 9. The van der Waals surface area contributed by atoms with Crippen LogP contribution >= 0.6 is 0 Å². The Bertz CT molecular complexity index is 1010. The Morgan fingerprint density at radius 1 is 0.800 bits per heavy atom. The molecule has 2 aromatic rings. The van der Waals surface area contributed by atoms with Crippen molar-refractivity contribution < 1.29 is 33.6 Å². The quantitative estimate of drug-likeness (QED) is 0.376. The molecular formula is C28H38O7. The molecule has 2 aromatic carbocycles. The molecule has 2 rings (SSSR count). The van der Waals surface area contributed by atoms with E-state index in [0.29, 0.717) is 29.4 Å². The van der Waals surface area contributed by atoms with Gasteiger partial charge in [0.05, 0.1) is 21.3 Å². The number of hydrogen-bond donors (Lipinski definition) is 1. The number of ketones is 1. The van der Waals surface area contributed by atoms with Gasteiger partial charge >= 0.3 is 5.97 Å². The molecule has 192 valence electrons. The van der Waals surface area contributed by atoms with Gasteiger partial charge < -0.3 is 24.1 Å². The molecule has 0 spiro atoms. The van der Waals surface area contributed by atoms with E-state index >= 15 is 0 Å². The van der Waals surface area contributed by atoms with Crippen LogP contribution in [0.2, 0.25) is 0 Å². The summed E-state index contributed by atoms with van der Waals surface area (Å²) < 4.78 is 21.1. The Morgan fingerprint density at radius 3 is 1.69 bits per heavy atom. The third-order valence-corrected chi connectivity index (χ3v) is 5.75. The highest BCUT2D eigenvalue weighted by atomic mass is 16.5. The minimum Gasteiger partial charge on any atom is -0.507 e. The molecule has 0 heterocycles. The highest BCUT2D eigenvalue weighted by molar-refractivity contribution is 5.99. The summed E-state index contributed by atoms with van der Waals surface area (Å²) in [5.41, 5.74) is 2.39. The predicted molar refractivity (Wildman–Crippen MR) is 135 cm³/mol. The average Bonchev–Trinajstić information content (AvgIpc) is 2.79. The van der Waals surface area contributed by atoms with Crippen molar-refractivity contribution >= 4 is 11.8 Å². The number of carbonyl (C=O) groups is 2. The van der Waals surface area contributed by atoms with Crippen LogP contribution in [0.3, 0.4) is 0 Å². The van der Waals surface area contributed by atoms with Crippen molar-refractivity contribution in [3.05, 3.63) is 46.5 Å². The van der Waals surface area contributed by atoms with Gasteiger partial charge in [-0.15, -0.1) is 0 Å². The maximum Gasteiger partial charge on any atom is 0.306 e. The maximum absolute atomic E-state index is 12.6. The van der Waals surface area contributed by atoms with Gasteiger partial charge in [0.15, 0.2) is 18.1 Å². The van der Waals surface area contributed by atoms with Gasteiger partial charge in [0.25, 0.3) is 0 Å². The Hall–Kier alpha value is -3.22. The number of Topliss-reactive ketones (excluding diaryl/α,β-unsaturated/α-hetero) is 1. The molecule has 7 nitrogen and oxygen atoms in total. The fourth-order valence-corrected chi connectivity index (χ4v) is 3.77. The summed E-state index contributed by atoms with van der Waals surface area (Å²) in [6.45, 7) is 11.9. The van der Waals surface area contributed by atoms with Gasteiger partial charge in [-0.05, 0) is 46.1 Å². The van der Waals surface area contributed by atoms with Crippen LogP contribution in [-0.2, 0) is 26.8 Å². The van der Waals surface area contributed by atoms with Gasteiger partial charge in [-0.3, -0.25) is 9.59 Å². The standard InChI is InChI=1S/C28H38O7/c1-27(2,3)19-12-17(13-20(25(19)31)28(4,5)6)10-11-24(30)35-16-21(29)18-14-22(32-7)26(34-9)23(15-18)33-8/h12-15,31H,10-11,16H2,1-9H3. The van der Waals surface area contributed by atoms with E-state index in [1.54, 1.807) is 0 Å². The topological polar surface area (TPSA) is 91.3 Å². The molecule has 0 bridgehead atoms. The zero-order valence-electron chi connectivity index (χ0n) is 22.3. The van der Waals surface area contributed by atoms with E-state index < -0.39 is 12.6 Å². The van der Waals surface area contributed by atoms with E-state index in [4.69, 9.17) is 18.9 Å². The highest BCUT2D eigenvalue weighted by Crippen LogP contribution is 2.40. The molecule has 0 fully saturated rings. The largest absolute Gasteiger partial charge is 0.507 e. The van der Waals surface area contributed by atoms with Crippen molar-refractivity contribution in [3.8, 4) is 23.0 Å². The number of esters is 1. The molecule has 0 radical (unpaired) electrons. The zero-order valence-corrected chi connectivity index (χ0v) is 22.3. The van der Waals surface area contributed by atoms with Crippen LogP contribution in [0.4, 0.5) is 0 Å². The number of carbonyl (C=O) groups excluding carboxylic acids is 2. The molecule has 0 saturated carbocycles. The van der Waals surface area contributed by atoms with Crippen molar-refractivity contribution in [1.29, 1.82) is 0 Å². The lowest BCUT2D eigenvalue weighted by atomic mass is 9.78. The summed E-state index contributed by atoms with van der Waals surface area (Å²) in [6, 6.07) is 6.93. The molecule has 0 saturated heterocycles. The number of phenolic OH excluding ortho intramolecular Hbond substituents is 1. The number of aryl methyl sites for hydroxylation is 1. The third-order valence-electron chi connectivity index (χ3n) is 5.75. The summed E-state index contributed by atoms with van der Waals surface area (Å²) in [5, 5.41) is 10.9. The third kappa shape index (κ3) is 6.90. The average molecular weight is 487 g/mol. The first-order valence-corrected chi connectivity index (χ1v) is 11.6. The van der Waals surface area contributed by atoms with Crippen molar-refractivity contribution in [3.63, 3.8) is 0 Å². The monoisotopic (exact) mass is 486 g/mol. The minimum absolute atomic E-state index is 0.112. The maximum atomic E-state index is 12.6. The van der Waals surface area contributed by atoms with Crippen molar-refractivity contribution in [2.75, 3.05) is 27.9 Å². The summed E-state index contributed by atoms with van der Waals surface area (Å²) in [4.78, 5) is 25.1. The summed E-state index contributed by atoms with van der Waals surface area (Å²) in [7, 11) is 4.41. The summed E-state index contributed by atoms with van der Waals surface area (Å²) in [5.74, 6) is 0.506. The van der Waals surface area contributed by atoms with Crippen LogP contribution in [0.1, 0.15) is 75.0 Å². The molecule has 0 aliphatic rings. The lowest BCUT2D eigenvalue weighted by Gasteiger charge is -2.28. The first kappa shape index (κ1) is 28.0. The molecule has 35 heavy (non-hydrogen) atoms. The predicted octanol–water partition coefficient (Wildman–Crippen LogP) is 5.37. The lowest BCUT2D eigenvalue weighted by Crippen LogP contribution is -2.18. The molecule has 0 aliphatic carbocycles. The first-order chi connectivity index (χ1) is 16.2. The Labute approximate surface area is 208 Å². The lowest BCUT2D eigenvalue weighted by molar-refractivity contribution is -0.142. The molecule has 1 N–H and O–H groups in total. The van der Waals surface area contributed by atoms with Gasteiger partial charge in [0.2, 0.25) is 11.5 Å². The summed E-state index contributed by atoms with van der Waals surface area (Å²) >= 11 is 0. The molecule has 0 aliphatic heterocycles.